The summed E-state index contributed by atoms with van der Waals surface area (Å²) in [4.78, 5) is 10.6. The lowest BCUT2D eigenvalue weighted by Gasteiger charge is -2.22. The van der Waals surface area contributed by atoms with Crippen LogP contribution in [-0.2, 0) is 6.42 Å². The monoisotopic (exact) mass is 248 g/mol. The second kappa shape index (κ2) is 6.50. The van der Waals surface area contributed by atoms with Crippen LogP contribution in [0.2, 0.25) is 0 Å². The first-order valence-electron chi connectivity index (χ1n) is 6.73. The second-order valence-corrected chi connectivity index (χ2v) is 4.92. The molecule has 1 aliphatic rings. The fraction of sp³-hybridized carbons (Fsp3) is 0.571. The van der Waals surface area contributed by atoms with Crippen molar-refractivity contribution in [2.24, 2.45) is 0 Å². The molecule has 0 heterocycles. The van der Waals surface area contributed by atoms with Gasteiger partial charge in [-0.15, -0.1) is 0 Å². The van der Waals surface area contributed by atoms with Gasteiger partial charge in [0.1, 0.15) is 0 Å². The van der Waals surface area contributed by atoms with Crippen molar-refractivity contribution >= 4 is 5.69 Å². The summed E-state index contributed by atoms with van der Waals surface area (Å²) < 4.78 is 0. The Hall–Kier alpha value is -1.42. The maximum Gasteiger partial charge on any atom is 0.272 e. The molecule has 1 aromatic carbocycles. The first-order valence-corrected chi connectivity index (χ1v) is 6.73. The molecule has 4 heteroatoms. The molecule has 0 aliphatic heterocycles. The van der Waals surface area contributed by atoms with Gasteiger partial charge in [-0.25, -0.2) is 0 Å². The van der Waals surface area contributed by atoms with Crippen molar-refractivity contribution in [1.29, 1.82) is 0 Å². The third-order valence-electron chi connectivity index (χ3n) is 3.62. The minimum Gasteiger partial charge on any atom is -0.314 e. The summed E-state index contributed by atoms with van der Waals surface area (Å²) in [5.41, 5.74) is 1.06. The van der Waals surface area contributed by atoms with Crippen LogP contribution in [-0.4, -0.2) is 17.5 Å². The topological polar surface area (TPSA) is 55.2 Å². The molecule has 1 aliphatic carbocycles. The van der Waals surface area contributed by atoms with Gasteiger partial charge in [-0.2, -0.15) is 0 Å². The number of nitro groups is 1. The molecule has 2 rings (SSSR count). The van der Waals surface area contributed by atoms with Gasteiger partial charge in [0, 0.05) is 17.7 Å². The Morgan fingerprint density at radius 1 is 1.22 bits per heavy atom. The lowest BCUT2D eigenvalue weighted by Crippen LogP contribution is -2.32. The van der Waals surface area contributed by atoms with Crippen LogP contribution in [0.3, 0.4) is 0 Å². The summed E-state index contributed by atoms with van der Waals surface area (Å²) in [6.45, 7) is 0.829. The summed E-state index contributed by atoms with van der Waals surface area (Å²) in [7, 11) is 0. The summed E-state index contributed by atoms with van der Waals surface area (Å²) >= 11 is 0. The van der Waals surface area contributed by atoms with Crippen molar-refractivity contribution in [3.05, 3.63) is 39.9 Å². The average Bonchev–Trinajstić information content (AvgIpc) is 2.40. The van der Waals surface area contributed by atoms with Gasteiger partial charge in [0.05, 0.1) is 4.92 Å². The molecular weight excluding hydrogens is 228 g/mol. The Bertz CT molecular complexity index is 401. The van der Waals surface area contributed by atoms with Gasteiger partial charge in [0.2, 0.25) is 0 Å². The molecule has 18 heavy (non-hydrogen) atoms. The fourth-order valence-electron chi connectivity index (χ4n) is 2.62. The van der Waals surface area contributed by atoms with Crippen molar-refractivity contribution in [2.75, 3.05) is 6.54 Å². The van der Waals surface area contributed by atoms with E-state index in [4.69, 9.17) is 0 Å². The SMILES string of the molecule is O=[N+]([O-])c1ccccc1CCNC1CCCCC1. The predicted molar refractivity (Wildman–Crippen MR) is 71.7 cm³/mol. The highest BCUT2D eigenvalue weighted by molar-refractivity contribution is 5.39. The normalized spacial score (nSPS) is 16.7. The molecule has 0 saturated heterocycles. The zero-order chi connectivity index (χ0) is 12.8. The van der Waals surface area contributed by atoms with Crippen molar-refractivity contribution < 1.29 is 4.92 Å². The van der Waals surface area contributed by atoms with Crippen molar-refractivity contribution in [1.82, 2.24) is 5.32 Å². The highest BCUT2D eigenvalue weighted by Gasteiger charge is 2.14. The van der Waals surface area contributed by atoms with Crippen molar-refractivity contribution in [3.63, 3.8) is 0 Å². The molecule has 98 valence electrons. The molecular formula is C14H20N2O2. The zero-order valence-corrected chi connectivity index (χ0v) is 10.6. The van der Waals surface area contributed by atoms with Crippen LogP contribution >= 0.6 is 0 Å². The molecule has 0 spiro atoms. The number of para-hydroxylation sites is 1. The lowest BCUT2D eigenvalue weighted by molar-refractivity contribution is -0.385. The molecule has 1 fully saturated rings. The van der Waals surface area contributed by atoms with E-state index >= 15 is 0 Å². The molecule has 0 unspecified atom stereocenters. The van der Waals surface area contributed by atoms with E-state index in [0.717, 1.165) is 18.5 Å². The highest BCUT2D eigenvalue weighted by atomic mass is 16.6. The van der Waals surface area contributed by atoms with Gasteiger partial charge in [-0.05, 0) is 25.8 Å². The quantitative estimate of drug-likeness (QED) is 0.643. The first kappa shape index (κ1) is 13.0. The van der Waals surface area contributed by atoms with Crippen LogP contribution in [0, 0.1) is 10.1 Å². The van der Waals surface area contributed by atoms with Gasteiger partial charge in [-0.1, -0.05) is 37.5 Å². The maximum atomic E-state index is 10.9. The minimum atomic E-state index is -0.296. The van der Waals surface area contributed by atoms with E-state index in [9.17, 15) is 10.1 Å². The third kappa shape index (κ3) is 3.53. The molecule has 4 nitrogen and oxygen atoms in total. The number of benzene rings is 1. The third-order valence-corrected chi connectivity index (χ3v) is 3.62. The smallest absolute Gasteiger partial charge is 0.272 e. The zero-order valence-electron chi connectivity index (χ0n) is 10.6. The van der Waals surface area contributed by atoms with Gasteiger partial charge < -0.3 is 5.32 Å². The molecule has 1 aromatic rings. The molecule has 0 bridgehead atoms. The van der Waals surface area contributed by atoms with Crippen LogP contribution < -0.4 is 5.32 Å². The molecule has 1 N–H and O–H groups in total. The molecule has 1 saturated carbocycles. The predicted octanol–water partition coefficient (Wildman–Crippen LogP) is 3.06. The highest BCUT2D eigenvalue weighted by Crippen LogP contribution is 2.19. The standard InChI is InChI=1S/C14H20N2O2/c17-16(18)14-9-5-4-6-12(14)10-11-15-13-7-2-1-3-8-13/h4-6,9,13,15H,1-3,7-8,10-11H2. The average molecular weight is 248 g/mol. The van der Waals surface area contributed by atoms with Gasteiger partial charge >= 0.3 is 0 Å². The number of nitrogens with one attached hydrogen (secondary N) is 1. The van der Waals surface area contributed by atoms with E-state index < -0.39 is 0 Å². The van der Waals surface area contributed by atoms with Gasteiger partial charge in [0.15, 0.2) is 0 Å². The van der Waals surface area contributed by atoms with Crippen molar-refractivity contribution in [2.45, 2.75) is 44.6 Å². The maximum absolute atomic E-state index is 10.9. The van der Waals surface area contributed by atoms with E-state index in [-0.39, 0.29) is 10.6 Å². The van der Waals surface area contributed by atoms with Crippen LogP contribution in [0.5, 0.6) is 0 Å². The lowest BCUT2D eigenvalue weighted by atomic mass is 9.95. The molecule has 0 radical (unpaired) electrons. The Morgan fingerprint density at radius 2 is 1.94 bits per heavy atom. The van der Waals surface area contributed by atoms with E-state index in [0.29, 0.717) is 6.04 Å². The second-order valence-electron chi connectivity index (χ2n) is 4.92. The summed E-state index contributed by atoms with van der Waals surface area (Å²) in [6.07, 6.45) is 7.19. The minimum absolute atomic E-state index is 0.239. The number of nitrogens with zero attached hydrogens (tertiary/aromatic N) is 1. The van der Waals surface area contributed by atoms with E-state index in [2.05, 4.69) is 5.32 Å². The summed E-state index contributed by atoms with van der Waals surface area (Å²) in [5, 5.41) is 14.4. The summed E-state index contributed by atoms with van der Waals surface area (Å²) in [5.74, 6) is 0. The van der Waals surface area contributed by atoms with Gasteiger partial charge in [-0.3, -0.25) is 10.1 Å². The number of hydrogen-bond acceptors (Lipinski definition) is 3. The van der Waals surface area contributed by atoms with Crippen LogP contribution in [0.1, 0.15) is 37.7 Å². The van der Waals surface area contributed by atoms with Crippen LogP contribution in [0.15, 0.2) is 24.3 Å². The van der Waals surface area contributed by atoms with Crippen LogP contribution in [0.25, 0.3) is 0 Å². The molecule has 0 amide bonds. The number of nitro benzene ring substituents is 1. The summed E-state index contributed by atoms with van der Waals surface area (Å²) in [6, 6.07) is 7.62. The fourth-order valence-corrected chi connectivity index (χ4v) is 2.62. The van der Waals surface area contributed by atoms with E-state index in [1.54, 1.807) is 12.1 Å². The van der Waals surface area contributed by atoms with Crippen molar-refractivity contribution in [3.8, 4) is 0 Å². The van der Waals surface area contributed by atoms with Crippen LogP contribution in [0.4, 0.5) is 5.69 Å². The van der Waals surface area contributed by atoms with Gasteiger partial charge in [0.25, 0.3) is 5.69 Å². The first-order chi connectivity index (χ1) is 8.77. The van der Waals surface area contributed by atoms with E-state index in [1.807, 2.05) is 12.1 Å². The largest absolute Gasteiger partial charge is 0.314 e. The Balaban J connectivity index is 1.84. The Morgan fingerprint density at radius 3 is 2.67 bits per heavy atom. The Labute approximate surface area is 108 Å². The number of rotatable bonds is 5. The number of hydrogen-bond donors (Lipinski definition) is 1. The molecule has 0 atom stereocenters. The molecule has 0 aromatic heterocycles. The Kier molecular flexibility index (Phi) is 4.70. The van der Waals surface area contributed by atoms with E-state index in [1.165, 1.54) is 32.1 Å².